The van der Waals surface area contributed by atoms with Gasteiger partial charge < -0.3 is 11.1 Å². The maximum Gasteiger partial charge on any atom is 0.433 e. The second kappa shape index (κ2) is 6.24. The van der Waals surface area contributed by atoms with Crippen molar-refractivity contribution in [2.45, 2.75) is 31.5 Å². The standard InChI is InChI=1S/C17H16F3N3O/c18-17(19,20)15-9-12(5-6-22-15)16(24)23-14-4-2-10-7-13(21)3-1-11(10)8-14/h2,4-6,8-9,13H,1,3,7,21H2,(H,23,24)/t13-/m0/s1. The molecule has 0 saturated carbocycles. The fourth-order valence-corrected chi connectivity index (χ4v) is 2.79. The van der Waals surface area contributed by atoms with E-state index in [4.69, 9.17) is 5.73 Å². The molecule has 1 amide bonds. The van der Waals surface area contributed by atoms with Gasteiger partial charge in [0.05, 0.1) is 0 Å². The predicted molar refractivity (Wildman–Crippen MR) is 83.6 cm³/mol. The smallest absolute Gasteiger partial charge is 0.327 e. The summed E-state index contributed by atoms with van der Waals surface area (Å²) in [6, 6.07) is 7.63. The highest BCUT2D eigenvalue weighted by Crippen LogP contribution is 2.28. The minimum Gasteiger partial charge on any atom is -0.327 e. The normalized spacial score (nSPS) is 17.2. The van der Waals surface area contributed by atoms with Gasteiger partial charge in [-0.15, -0.1) is 0 Å². The minimum atomic E-state index is -4.58. The van der Waals surface area contributed by atoms with Crippen LogP contribution in [-0.2, 0) is 19.0 Å². The van der Waals surface area contributed by atoms with Gasteiger partial charge in [-0.1, -0.05) is 6.07 Å². The number of rotatable bonds is 2. The molecule has 1 aromatic carbocycles. The molecule has 0 aliphatic heterocycles. The third kappa shape index (κ3) is 3.56. The number of amides is 1. The Kier molecular flexibility index (Phi) is 4.28. The third-order valence-corrected chi connectivity index (χ3v) is 4.04. The lowest BCUT2D eigenvalue weighted by atomic mass is 9.88. The molecule has 2 aromatic rings. The summed E-state index contributed by atoms with van der Waals surface area (Å²) in [5, 5.41) is 2.63. The van der Waals surface area contributed by atoms with E-state index < -0.39 is 17.8 Å². The van der Waals surface area contributed by atoms with Gasteiger partial charge in [0.1, 0.15) is 5.69 Å². The van der Waals surface area contributed by atoms with E-state index in [-0.39, 0.29) is 11.6 Å². The van der Waals surface area contributed by atoms with E-state index in [2.05, 4.69) is 10.3 Å². The van der Waals surface area contributed by atoms with Crippen LogP contribution >= 0.6 is 0 Å². The molecule has 1 aliphatic rings. The number of hydrogen-bond acceptors (Lipinski definition) is 3. The summed E-state index contributed by atoms with van der Waals surface area (Å²) in [4.78, 5) is 15.4. The third-order valence-electron chi connectivity index (χ3n) is 4.04. The van der Waals surface area contributed by atoms with E-state index in [1.807, 2.05) is 12.1 Å². The number of carbonyl (C=O) groups is 1. The maximum absolute atomic E-state index is 12.7. The lowest BCUT2D eigenvalue weighted by Crippen LogP contribution is -2.27. The number of halogens is 3. The van der Waals surface area contributed by atoms with Crippen molar-refractivity contribution in [2.75, 3.05) is 5.32 Å². The number of alkyl halides is 3. The van der Waals surface area contributed by atoms with Crippen molar-refractivity contribution < 1.29 is 18.0 Å². The monoisotopic (exact) mass is 335 g/mol. The summed E-state index contributed by atoms with van der Waals surface area (Å²) in [7, 11) is 0. The molecule has 0 saturated heterocycles. The van der Waals surface area contributed by atoms with Crippen LogP contribution in [0.5, 0.6) is 0 Å². The van der Waals surface area contributed by atoms with Crippen molar-refractivity contribution in [1.82, 2.24) is 4.98 Å². The molecule has 7 heteroatoms. The molecule has 0 fully saturated rings. The van der Waals surface area contributed by atoms with Gasteiger partial charge >= 0.3 is 6.18 Å². The Hall–Kier alpha value is -2.41. The highest BCUT2D eigenvalue weighted by molar-refractivity contribution is 6.04. The van der Waals surface area contributed by atoms with Crippen molar-refractivity contribution >= 4 is 11.6 Å². The summed E-state index contributed by atoms with van der Waals surface area (Å²) < 4.78 is 38.0. The van der Waals surface area contributed by atoms with Crippen LogP contribution in [-0.4, -0.2) is 16.9 Å². The molecule has 126 valence electrons. The molecule has 1 aromatic heterocycles. The first-order valence-corrected chi connectivity index (χ1v) is 7.55. The summed E-state index contributed by atoms with van der Waals surface area (Å²) in [5.41, 5.74) is 7.57. The molecule has 0 unspecified atom stereocenters. The first-order valence-electron chi connectivity index (χ1n) is 7.55. The van der Waals surface area contributed by atoms with Gasteiger partial charge in [0.2, 0.25) is 0 Å². The number of carbonyl (C=O) groups excluding carboxylic acids is 1. The molecule has 3 N–H and O–H groups in total. The van der Waals surface area contributed by atoms with Crippen LogP contribution < -0.4 is 11.1 Å². The zero-order chi connectivity index (χ0) is 17.3. The molecule has 4 nitrogen and oxygen atoms in total. The Morgan fingerprint density at radius 2 is 2.00 bits per heavy atom. The summed E-state index contributed by atoms with van der Waals surface area (Å²) >= 11 is 0. The minimum absolute atomic E-state index is 0.0860. The van der Waals surface area contributed by atoms with Crippen molar-refractivity contribution in [3.05, 3.63) is 58.9 Å². The van der Waals surface area contributed by atoms with E-state index in [1.165, 1.54) is 6.07 Å². The van der Waals surface area contributed by atoms with Crippen molar-refractivity contribution in [1.29, 1.82) is 0 Å². The number of fused-ring (bicyclic) bond motifs is 1. The zero-order valence-corrected chi connectivity index (χ0v) is 12.7. The lowest BCUT2D eigenvalue weighted by molar-refractivity contribution is -0.141. The number of aryl methyl sites for hydroxylation is 1. The molecule has 0 bridgehead atoms. The fraction of sp³-hybridized carbons (Fsp3) is 0.294. The molecule has 24 heavy (non-hydrogen) atoms. The SMILES string of the molecule is N[C@H]1CCc2cc(NC(=O)c3ccnc(C(F)(F)F)c3)ccc2C1. The summed E-state index contributed by atoms with van der Waals surface area (Å²) in [6.07, 6.45) is -1.10. The Morgan fingerprint density at radius 3 is 2.75 bits per heavy atom. The van der Waals surface area contributed by atoms with Crippen LogP contribution in [0.1, 0.15) is 33.6 Å². The van der Waals surface area contributed by atoms with Crippen LogP contribution in [0.15, 0.2) is 36.5 Å². The number of aromatic nitrogens is 1. The number of anilines is 1. The van der Waals surface area contributed by atoms with Gasteiger partial charge in [0.15, 0.2) is 0 Å². The average Bonchev–Trinajstić information content (AvgIpc) is 2.54. The fourth-order valence-electron chi connectivity index (χ4n) is 2.79. The number of hydrogen-bond donors (Lipinski definition) is 2. The number of nitrogens with zero attached hydrogens (tertiary/aromatic N) is 1. The molecule has 3 rings (SSSR count). The van der Waals surface area contributed by atoms with Crippen molar-refractivity contribution in [3.8, 4) is 0 Å². The Labute approximate surface area is 136 Å². The summed E-state index contributed by atoms with van der Waals surface area (Å²) in [5.74, 6) is -0.602. The van der Waals surface area contributed by atoms with Crippen LogP contribution in [0, 0.1) is 0 Å². The van der Waals surface area contributed by atoms with Gasteiger partial charge in [-0.3, -0.25) is 9.78 Å². The van der Waals surface area contributed by atoms with Crippen molar-refractivity contribution in [3.63, 3.8) is 0 Å². The maximum atomic E-state index is 12.7. The van der Waals surface area contributed by atoms with Crippen LogP contribution in [0.3, 0.4) is 0 Å². The van der Waals surface area contributed by atoms with E-state index in [0.29, 0.717) is 5.69 Å². The summed E-state index contributed by atoms with van der Waals surface area (Å²) in [6.45, 7) is 0. The molecular formula is C17H16F3N3O. The Morgan fingerprint density at radius 1 is 1.21 bits per heavy atom. The Bertz CT molecular complexity index is 774. The molecular weight excluding hydrogens is 319 g/mol. The van der Waals surface area contributed by atoms with Gasteiger partial charge in [-0.05, 0) is 54.7 Å². The molecule has 1 aliphatic carbocycles. The first kappa shape index (κ1) is 16.4. The highest BCUT2D eigenvalue weighted by atomic mass is 19.4. The largest absolute Gasteiger partial charge is 0.433 e. The second-order valence-electron chi connectivity index (χ2n) is 5.87. The zero-order valence-electron chi connectivity index (χ0n) is 12.7. The second-order valence-corrected chi connectivity index (χ2v) is 5.87. The predicted octanol–water partition coefficient (Wildman–Crippen LogP) is 3.17. The average molecular weight is 335 g/mol. The van der Waals surface area contributed by atoms with Crippen LogP contribution in [0.2, 0.25) is 0 Å². The molecule has 0 radical (unpaired) electrons. The number of nitrogens with one attached hydrogen (secondary N) is 1. The van der Waals surface area contributed by atoms with Gasteiger partial charge in [0, 0.05) is 23.5 Å². The van der Waals surface area contributed by atoms with Crippen molar-refractivity contribution in [2.24, 2.45) is 5.73 Å². The number of nitrogens with two attached hydrogens (primary N) is 1. The van der Waals surface area contributed by atoms with E-state index in [1.54, 1.807) is 6.07 Å². The van der Waals surface area contributed by atoms with Gasteiger partial charge in [-0.25, -0.2) is 0 Å². The topological polar surface area (TPSA) is 68.0 Å². The molecule has 1 heterocycles. The van der Waals surface area contributed by atoms with Crippen LogP contribution in [0.25, 0.3) is 0 Å². The molecule has 0 spiro atoms. The lowest BCUT2D eigenvalue weighted by Gasteiger charge is -2.22. The quantitative estimate of drug-likeness (QED) is 0.886. The Balaban J connectivity index is 1.78. The van der Waals surface area contributed by atoms with Gasteiger partial charge in [-0.2, -0.15) is 13.2 Å². The highest BCUT2D eigenvalue weighted by Gasteiger charge is 2.33. The van der Waals surface area contributed by atoms with E-state index in [0.717, 1.165) is 42.7 Å². The van der Waals surface area contributed by atoms with E-state index >= 15 is 0 Å². The number of pyridine rings is 1. The van der Waals surface area contributed by atoms with Gasteiger partial charge in [0.25, 0.3) is 5.91 Å². The van der Waals surface area contributed by atoms with E-state index in [9.17, 15) is 18.0 Å². The number of benzene rings is 1. The molecule has 1 atom stereocenters. The first-order chi connectivity index (χ1) is 11.3. The van der Waals surface area contributed by atoms with Crippen LogP contribution in [0.4, 0.5) is 18.9 Å².